The van der Waals surface area contributed by atoms with Gasteiger partial charge in [-0.2, -0.15) is 0 Å². The van der Waals surface area contributed by atoms with Crippen LogP contribution in [0.3, 0.4) is 0 Å². The first-order valence-electron chi connectivity index (χ1n) is 5.95. The third-order valence-electron chi connectivity index (χ3n) is 3.21. The molecule has 3 nitrogen and oxygen atoms in total. The van der Waals surface area contributed by atoms with Gasteiger partial charge < -0.3 is 5.32 Å². The van der Waals surface area contributed by atoms with E-state index in [0.29, 0.717) is 5.02 Å². The monoisotopic (exact) mass is 293 g/mol. The molecule has 0 aliphatic carbocycles. The first-order chi connectivity index (χ1) is 9.09. The number of rotatable bonds is 2. The number of hydrogen-bond donors (Lipinski definition) is 1. The van der Waals surface area contributed by atoms with Crippen LogP contribution in [0, 0.1) is 0 Å². The van der Waals surface area contributed by atoms with Gasteiger partial charge in [0.1, 0.15) is 0 Å². The van der Waals surface area contributed by atoms with Crippen molar-refractivity contribution in [2.45, 2.75) is 16.2 Å². The van der Waals surface area contributed by atoms with Crippen molar-refractivity contribution in [3.63, 3.8) is 0 Å². The van der Waals surface area contributed by atoms with Gasteiger partial charge in [0.25, 0.3) is 0 Å². The quantitative estimate of drug-likeness (QED) is 0.925. The van der Waals surface area contributed by atoms with Crippen molar-refractivity contribution in [1.29, 1.82) is 0 Å². The van der Waals surface area contributed by atoms with Crippen LogP contribution in [0.15, 0.2) is 52.3 Å². The molecule has 0 fully saturated rings. The summed E-state index contributed by atoms with van der Waals surface area (Å²) in [5, 5.41) is 3.62. The number of fused-ring (bicyclic) bond motifs is 1. The number of hydrogen-bond acceptors (Lipinski definition) is 3. The molecule has 2 aromatic carbocycles. The molecule has 1 heterocycles. The summed E-state index contributed by atoms with van der Waals surface area (Å²) in [7, 11) is -3.50. The Labute approximate surface area is 117 Å². The van der Waals surface area contributed by atoms with E-state index in [1.165, 1.54) is 6.07 Å². The Balaban J connectivity index is 2.16. The molecule has 0 radical (unpaired) electrons. The number of halogens is 1. The van der Waals surface area contributed by atoms with Crippen molar-refractivity contribution in [2.75, 3.05) is 11.9 Å². The summed E-state index contributed by atoms with van der Waals surface area (Å²) in [4.78, 5) is 0.545. The maximum atomic E-state index is 12.5. The lowest BCUT2D eigenvalue weighted by Crippen LogP contribution is -2.02. The highest BCUT2D eigenvalue weighted by molar-refractivity contribution is 7.91. The molecule has 98 valence electrons. The smallest absolute Gasteiger partial charge is 0.206 e. The van der Waals surface area contributed by atoms with E-state index in [2.05, 4.69) is 5.32 Å². The molecule has 0 bridgehead atoms. The van der Waals surface area contributed by atoms with Gasteiger partial charge in [-0.1, -0.05) is 29.8 Å². The Morgan fingerprint density at radius 1 is 1.05 bits per heavy atom. The van der Waals surface area contributed by atoms with Gasteiger partial charge in [0, 0.05) is 6.54 Å². The number of nitrogens with one attached hydrogen (secondary N) is 1. The van der Waals surface area contributed by atoms with Gasteiger partial charge in [0.05, 0.1) is 20.5 Å². The third-order valence-corrected chi connectivity index (χ3v) is 5.25. The molecule has 0 aromatic heterocycles. The molecule has 0 saturated carbocycles. The molecule has 0 saturated heterocycles. The fourth-order valence-corrected chi connectivity index (χ4v) is 3.97. The van der Waals surface area contributed by atoms with Crippen LogP contribution < -0.4 is 5.32 Å². The molecule has 2 aromatic rings. The van der Waals surface area contributed by atoms with Crippen molar-refractivity contribution < 1.29 is 8.42 Å². The topological polar surface area (TPSA) is 46.2 Å². The molecular formula is C14H12ClNO2S. The summed E-state index contributed by atoms with van der Waals surface area (Å²) < 4.78 is 25.0. The Bertz CT molecular complexity index is 727. The summed E-state index contributed by atoms with van der Waals surface area (Å²) >= 11 is 6.14. The Kier molecular flexibility index (Phi) is 2.99. The SMILES string of the molecule is O=S(=O)(c1ccccc1)c1cc(Cl)c2c(c1)CCN2. The summed E-state index contributed by atoms with van der Waals surface area (Å²) in [6.07, 6.45) is 0.799. The van der Waals surface area contributed by atoms with Crippen molar-refractivity contribution >= 4 is 27.1 Å². The van der Waals surface area contributed by atoms with E-state index in [9.17, 15) is 8.42 Å². The van der Waals surface area contributed by atoms with Crippen molar-refractivity contribution in [1.82, 2.24) is 0 Å². The predicted octanol–water partition coefficient (Wildman–Crippen LogP) is 3.14. The average Bonchev–Trinajstić information content (AvgIpc) is 2.88. The first kappa shape index (κ1) is 12.5. The van der Waals surface area contributed by atoms with E-state index >= 15 is 0 Å². The predicted molar refractivity (Wildman–Crippen MR) is 75.5 cm³/mol. The first-order valence-corrected chi connectivity index (χ1v) is 7.81. The van der Waals surface area contributed by atoms with Crippen LogP contribution in [0.25, 0.3) is 0 Å². The highest BCUT2D eigenvalue weighted by Crippen LogP contribution is 2.34. The minimum absolute atomic E-state index is 0.256. The number of anilines is 1. The highest BCUT2D eigenvalue weighted by Gasteiger charge is 2.22. The zero-order valence-electron chi connectivity index (χ0n) is 10.1. The molecule has 0 spiro atoms. The van der Waals surface area contributed by atoms with Crippen LogP contribution in [0.2, 0.25) is 5.02 Å². The minimum Gasteiger partial charge on any atom is -0.383 e. The van der Waals surface area contributed by atoms with E-state index in [1.807, 2.05) is 0 Å². The van der Waals surface area contributed by atoms with Gasteiger partial charge in [-0.25, -0.2) is 8.42 Å². The second-order valence-corrected chi connectivity index (χ2v) is 6.79. The van der Waals surface area contributed by atoms with Gasteiger partial charge in [0.15, 0.2) is 0 Å². The van der Waals surface area contributed by atoms with Crippen molar-refractivity contribution in [3.8, 4) is 0 Å². The van der Waals surface area contributed by atoms with Gasteiger partial charge >= 0.3 is 0 Å². The van der Waals surface area contributed by atoms with Crippen LogP contribution in [-0.4, -0.2) is 15.0 Å². The van der Waals surface area contributed by atoms with Crippen LogP contribution in [0.5, 0.6) is 0 Å². The highest BCUT2D eigenvalue weighted by atomic mass is 35.5. The van der Waals surface area contributed by atoms with Crippen LogP contribution in [-0.2, 0) is 16.3 Å². The molecule has 0 amide bonds. The van der Waals surface area contributed by atoms with Crippen molar-refractivity contribution in [2.24, 2.45) is 0 Å². The van der Waals surface area contributed by atoms with Gasteiger partial charge in [-0.05, 0) is 36.2 Å². The maximum absolute atomic E-state index is 12.5. The lowest BCUT2D eigenvalue weighted by Gasteiger charge is -2.08. The molecule has 0 unspecified atom stereocenters. The van der Waals surface area contributed by atoms with Crippen LogP contribution >= 0.6 is 11.6 Å². The van der Waals surface area contributed by atoms with Crippen LogP contribution in [0.4, 0.5) is 5.69 Å². The molecule has 3 rings (SSSR count). The molecule has 1 N–H and O–H groups in total. The largest absolute Gasteiger partial charge is 0.383 e. The van der Waals surface area contributed by atoms with E-state index in [4.69, 9.17) is 11.6 Å². The second-order valence-electron chi connectivity index (χ2n) is 4.43. The minimum atomic E-state index is -3.50. The second kappa shape index (κ2) is 4.54. The van der Waals surface area contributed by atoms with E-state index in [0.717, 1.165) is 24.2 Å². The molecule has 5 heteroatoms. The average molecular weight is 294 g/mol. The summed E-state index contributed by atoms with van der Waals surface area (Å²) in [6.45, 7) is 0.796. The van der Waals surface area contributed by atoms with E-state index in [1.54, 1.807) is 36.4 Å². The fourth-order valence-electron chi connectivity index (χ4n) is 2.24. The van der Waals surface area contributed by atoms with Crippen LogP contribution in [0.1, 0.15) is 5.56 Å². The van der Waals surface area contributed by atoms with Gasteiger partial charge in [0.2, 0.25) is 9.84 Å². The lowest BCUT2D eigenvalue weighted by atomic mass is 10.2. The molecule has 0 atom stereocenters. The lowest BCUT2D eigenvalue weighted by molar-refractivity contribution is 0.596. The van der Waals surface area contributed by atoms with Gasteiger partial charge in [-0.3, -0.25) is 0 Å². The third kappa shape index (κ3) is 2.11. The van der Waals surface area contributed by atoms with Crippen molar-refractivity contribution in [3.05, 3.63) is 53.1 Å². The van der Waals surface area contributed by atoms with Gasteiger partial charge in [-0.15, -0.1) is 0 Å². The molecular weight excluding hydrogens is 282 g/mol. The Morgan fingerprint density at radius 2 is 1.79 bits per heavy atom. The number of benzene rings is 2. The summed E-state index contributed by atoms with van der Waals surface area (Å²) in [5.74, 6) is 0. The molecule has 19 heavy (non-hydrogen) atoms. The maximum Gasteiger partial charge on any atom is 0.206 e. The standard InChI is InChI=1S/C14H12ClNO2S/c15-13-9-12(8-10-6-7-16-14(10)13)19(17,18)11-4-2-1-3-5-11/h1-5,8-9,16H,6-7H2. The summed E-state index contributed by atoms with van der Waals surface area (Å²) in [6, 6.07) is 11.6. The number of sulfone groups is 1. The normalized spacial score (nSPS) is 13.9. The van der Waals surface area contributed by atoms with E-state index in [-0.39, 0.29) is 9.79 Å². The molecule has 1 aliphatic rings. The summed E-state index contributed by atoms with van der Waals surface area (Å²) in [5.41, 5.74) is 1.82. The molecule has 1 aliphatic heterocycles. The zero-order chi connectivity index (χ0) is 13.5. The van der Waals surface area contributed by atoms with E-state index < -0.39 is 9.84 Å². The zero-order valence-corrected chi connectivity index (χ0v) is 11.6. The Hall–Kier alpha value is -1.52. The fraction of sp³-hybridized carbons (Fsp3) is 0.143. The Morgan fingerprint density at radius 3 is 2.53 bits per heavy atom.